The molecule has 2 heterocycles. The van der Waals surface area contributed by atoms with Crippen LogP contribution >= 0.6 is 0 Å². The number of hydrogen-bond donors (Lipinski definition) is 1. The van der Waals surface area contributed by atoms with E-state index in [2.05, 4.69) is 33.3 Å². The van der Waals surface area contributed by atoms with Crippen molar-refractivity contribution in [2.45, 2.75) is 0 Å². The maximum absolute atomic E-state index is 4.39. The van der Waals surface area contributed by atoms with E-state index in [0.29, 0.717) is 0 Å². The Morgan fingerprint density at radius 3 is 2.94 bits per heavy atom. The highest BCUT2D eigenvalue weighted by atomic mass is 14.8. The fourth-order valence-corrected chi connectivity index (χ4v) is 2.32. The van der Waals surface area contributed by atoms with Gasteiger partial charge in [0.05, 0.1) is 17.2 Å². The number of para-hydroxylation sites is 1. The van der Waals surface area contributed by atoms with Gasteiger partial charge in [0.2, 0.25) is 0 Å². The molecule has 0 spiro atoms. The fraction of sp³-hybridized carbons (Fsp3) is 0. The molecule has 0 bridgehead atoms. The van der Waals surface area contributed by atoms with Crippen LogP contribution in [0.15, 0.2) is 42.6 Å². The van der Waals surface area contributed by atoms with Gasteiger partial charge in [0.25, 0.3) is 0 Å². The molecular formula is C14H8N3. The van der Waals surface area contributed by atoms with Gasteiger partial charge in [-0.25, -0.2) is 4.98 Å². The van der Waals surface area contributed by atoms with Crippen LogP contribution in [-0.2, 0) is 0 Å². The third-order valence-electron chi connectivity index (χ3n) is 3.06. The van der Waals surface area contributed by atoms with Gasteiger partial charge < -0.3 is 4.98 Å². The molecule has 2 aromatic carbocycles. The van der Waals surface area contributed by atoms with E-state index >= 15 is 0 Å². The van der Waals surface area contributed by atoms with Gasteiger partial charge in [0, 0.05) is 21.8 Å². The highest BCUT2D eigenvalue weighted by Gasteiger charge is 2.08. The van der Waals surface area contributed by atoms with Gasteiger partial charge in [0.15, 0.2) is 0 Å². The predicted molar refractivity (Wildman–Crippen MR) is 67.7 cm³/mol. The van der Waals surface area contributed by atoms with Crippen molar-refractivity contribution in [1.29, 1.82) is 0 Å². The van der Waals surface area contributed by atoms with Crippen molar-refractivity contribution in [3.8, 4) is 0 Å². The Kier molecular flexibility index (Phi) is 1.56. The first-order valence-electron chi connectivity index (χ1n) is 5.46. The molecule has 0 aliphatic rings. The number of nitrogens with zero attached hydrogens (tertiary/aromatic N) is 2. The lowest BCUT2D eigenvalue weighted by atomic mass is 10.1. The summed E-state index contributed by atoms with van der Waals surface area (Å²) in [4.78, 5) is 12.0. The molecule has 0 aliphatic heterocycles. The molecule has 3 nitrogen and oxygen atoms in total. The summed E-state index contributed by atoms with van der Waals surface area (Å²) in [5, 5.41) is 2.33. The summed E-state index contributed by atoms with van der Waals surface area (Å²) in [7, 11) is 0. The van der Waals surface area contributed by atoms with E-state index in [1.807, 2.05) is 24.3 Å². The van der Waals surface area contributed by atoms with E-state index in [-0.39, 0.29) is 0 Å². The van der Waals surface area contributed by atoms with Crippen molar-refractivity contribution in [1.82, 2.24) is 15.0 Å². The second kappa shape index (κ2) is 3.04. The molecule has 0 amide bonds. The van der Waals surface area contributed by atoms with Crippen LogP contribution < -0.4 is 0 Å². The van der Waals surface area contributed by atoms with Crippen molar-refractivity contribution in [3.05, 3.63) is 48.8 Å². The first kappa shape index (κ1) is 8.70. The van der Waals surface area contributed by atoms with Gasteiger partial charge in [0.1, 0.15) is 6.20 Å². The monoisotopic (exact) mass is 218 g/mol. The van der Waals surface area contributed by atoms with E-state index in [9.17, 15) is 0 Å². The second-order valence-corrected chi connectivity index (χ2v) is 4.03. The van der Waals surface area contributed by atoms with E-state index in [0.717, 1.165) is 27.5 Å². The largest absolute Gasteiger partial charge is 0.354 e. The van der Waals surface area contributed by atoms with Crippen molar-refractivity contribution in [2.75, 3.05) is 0 Å². The molecule has 4 rings (SSSR count). The maximum atomic E-state index is 4.39. The predicted octanol–water partition coefficient (Wildman–Crippen LogP) is 3.06. The molecule has 1 radical (unpaired) electrons. The summed E-state index contributed by atoms with van der Waals surface area (Å²) in [6, 6.07) is 12.3. The summed E-state index contributed by atoms with van der Waals surface area (Å²) in [6.07, 6.45) is 4.38. The minimum Gasteiger partial charge on any atom is -0.354 e. The Morgan fingerprint density at radius 2 is 1.94 bits per heavy atom. The molecule has 1 N–H and O–H groups in total. The van der Waals surface area contributed by atoms with Gasteiger partial charge in [-0.05, 0) is 18.2 Å². The number of aromatic amines is 1. The molecule has 0 atom stereocenters. The van der Waals surface area contributed by atoms with Gasteiger partial charge in [-0.3, -0.25) is 4.98 Å². The average Bonchev–Trinajstić information content (AvgIpc) is 2.77. The first-order chi connectivity index (χ1) is 8.43. The number of rotatable bonds is 0. The smallest absolute Gasteiger partial charge is 0.109 e. The molecule has 79 valence electrons. The summed E-state index contributed by atoms with van der Waals surface area (Å²) >= 11 is 0. The molecule has 17 heavy (non-hydrogen) atoms. The normalized spacial score (nSPS) is 11.5. The van der Waals surface area contributed by atoms with Crippen LogP contribution in [0.25, 0.3) is 32.8 Å². The Labute approximate surface area is 97.1 Å². The minimum absolute atomic E-state index is 0.879. The zero-order chi connectivity index (χ0) is 11.2. The zero-order valence-corrected chi connectivity index (χ0v) is 8.94. The Bertz CT molecular complexity index is 840. The molecule has 0 fully saturated rings. The Hall–Kier alpha value is -2.42. The molecule has 3 heteroatoms. The average molecular weight is 218 g/mol. The van der Waals surface area contributed by atoms with Crippen molar-refractivity contribution in [2.24, 2.45) is 0 Å². The topological polar surface area (TPSA) is 41.6 Å². The third-order valence-corrected chi connectivity index (χ3v) is 3.06. The SMILES string of the molecule is [c]1cnc2c(ccc3[nH]c4ccccc4c32)n1. The van der Waals surface area contributed by atoms with Crippen LogP contribution in [0, 0.1) is 6.20 Å². The number of hydrogen-bond acceptors (Lipinski definition) is 2. The van der Waals surface area contributed by atoms with Crippen LogP contribution in [0.4, 0.5) is 0 Å². The molecule has 2 aromatic heterocycles. The molecule has 0 aliphatic carbocycles. The second-order valence-electron chi connectivity index (χ2n) is 4.03. The highest BCUT2D eigenvalue weighted by molar-refractivity contribution is 6.18. The zero-order valence-electron chi connectivity index (χ0n) is 8.94. The lowest BCUT2D eigenvalue weighted by Gasteiger charge is -1.97. The molecule has 0 saturated carbocycles. The van der Waals surface area contributed by atoms with E-state index in [1.165, 1.54) is 5.39 Å². The Balaban J connectivity index is 2.38. The fourth-order valence-electron chi connectivity index (χ4n) is 2.32. The summed E-state index contributed by atoms with van der Waals surface area (Å²) in [5.41, 5.74) is 4.03. The highest BCUT2D eigenvalue weighted by Crippen LogP contribution is 2.29. The van der Waals surface area contributed by atoms with Crippen LogP contribution in [0.5, 0.6) is 0 Å². The number of fused-ring (bicyclic) bond motifs is 5. The van der Waals surface area contributed by atoms with Crippen molar-refractivity contribution >= 4 is 32.8 Å². The number of nitrogens with one attached hydrogen (secondary N) is 1. The molecule has 4 aromatic rings. The van der Waals surface area contributed by atoms with Gasteiger partial charge >= 0.3 is 0 Å². The standard InChI is InChI=1S/C14H8N3/c1-2-4-10-9(3-1)13-11(17-10)5-6-12-14(13)16-8-7-15-12/h1-6,8,17H. The third kappa shape index (κ3) is 1.11. The number of aromatic nitrogens is 3. The number of H-pyrrole nitrogens is 1. The summed E-state index contributed by atoms with van der Waals surface area (Å²) in [6.45, 7) is 0. The Morgan fingerprint density at radius 1 is 1.00 bits per heavy atom. The first-order valence-corrected chi connectivity index (χ1v) is 5.46. The van der Waals surface area contributed by atoms with E-state index in [1.54, 1.807) is 6.20 Å². The van der Waals surface area contributed by atoms with Crippen LogP contribution in [0.2, 0.25) is 0 Å². The van der Waals surface area contributed by atoms with Crippen molar-refractivity contribution < 1.29 is 0 Å². The van der Waals surface area contributed by atoms with Gasteiger partial charge in [-0.2, -0.15) is 0 Å². The van der Waals surface area contributed by atoms with Crippen molar-refractivity contribution in [3.63, 3.8) is 0 Å². The van der Waals surface area contributed by atoms with Crippen LogP contribution in [0.1, 0.15) is 0 Å². The van der Waals surface area contributed by atoms with E-state index in [4.69, 9.17) is 0 Å². The number of benzene rings is 2. The summed E-state index contributed by atoms with van der Waals surface area (Å²) in [5.74, 6) is 0. The van der Waals surface area contributed by atoms with Crippen LogP contribution in [-0.4, -0.2) is 15.0 Å². The lowest BCUT2D eigenvalue weighted by molar-refractivity contribution is 1.29. The molecule has 0 saturated heterocycles. The van der Waals surface area contributed by atoms with E-state index < -0.39 is 0 Å². The lowest BCUT2D eigenvalue weighted by Crippen LogP contribution is -1.82. The molecule has 0 unspecified atom stereocenters. The van der Waals surface area contributed by atoms with Gasteiger partial charge in [-0.15, -0.1) is 0 Å². The maximum Gasteiger partial charge on any atom is 0.109 e. The quantitative estimate of drug-likeness (QED) is 0.493. The minimum atomic E-state index is 0.879. The molecular weight excluding hydrogens is 210 g/mol. The summed E-state index contributed by atoms with van der Waals surface area (Å²) < 4.78 is 0. The van der Waals surface area contributed by atoms with Crippen LogP contribution in [0.3, 0.4) is 0 Å². The van der Waals surface area contributed by atoms with Gasteiger partial charge in [-0.1, -0.05) is 18.2 Å².